The molecule has 4 rings (SSSR count). The van der Waals surface area contributed by atoms with Crippen LogP contribution in [-0.2, 0) is 4.79 Å². The number of carbonyl (C=O) groups is 2. The van der Waals surface area contributed by atoms with Crippen LogP contribution in [0.15, 0.2) is 89.6 Å². The molecule has 0 saturated heterocycles. The van der Waals surface area contributed by atoms with E-state index in [2.05, 4.69) is 10.3 Å². The molecule has 0 aliphatic carbocycles. The first-order valence-electron chi connectivity index (χ1n) is 9.46. The van der Waals surface area contributed by atoms with E-state index in [1.807, 2.05) is 0 Å². The molecule has 0 spiro atoms. The predicted octanol–water partition coefficient (Wildman–Crippen LogP) is 4.01. The summed E-state index contributed by atoms with van der Waals surface area (Å²) in [5, 5.41) is 2.68. The second-order valence-corrected chi connectivity index (χ2v) is 6.68. The molecular formula is C24H18FN3O3. The number of benzene rings is 3. The minimum Gasteiger partial charge on any atom is -0.497 e. The summed E-state index contributed by atoms with van der Waals surface area (Å²) < 4.78 is 18.5. The summed E-state index contributed by atoms with van der Waals surface area (Å²) in [7, 11) is 1.57. The third-order valence-electron chi connectivity index (χ3n) is 4.63. The highest BCUT2D eigenvalue weighted by molar-refractivity contribution is 6.30. The van der Waals surface area contributed by atoms with Crippen molar-refractivity contribution in [1.82, 2.24) is 5.32 Å². The van der Waals surface area contributed by atoms with Crippen LogP contribution in [0.5, 0.6) is 5.75 Å². The molecule has 0 fully saturated rings. The highest BCUT2D eigenvalue weighted by Crippen LogP contribution is 2.25. The van der Waals surface area contributed by atoms with E-state index in [-0.39, 0.29) is 11.7 Å². The largest absolute Gasteiger partial charge is 0.497 e. The lowest BCUT2D eigenvalue weighted by molar-refractivity contribution is -0.113. The van der Waals surface area contributed by atoms with Gasteiger partial charge in [-0.1, -0.05) is 30.3 Å². The fraction of sp³-hybridized carbons (Fsp3) is 0.0417. The molecule has 31 heavy (non-hydrogen) atoms. The molecule has 0 radical (unpaired) electrons. The highest BCUT2D eigenvalue weighted by Gasteiger charge is 2.33. The first-order valence-corrected chi connectivity index (χ1v) is 9.46. The van der Waals surface area contributed by atoms with Gasteiger partial charge in [-0.15, -0.1) is 0 Å². The van der Waals surface area contributed by atoms with Gasteiger partial charge in [0, 0.05) is 5.56 Å². The second-order valence-electron chi connectivity index (χ2n) is 6.68. The van der Waals surface area contributed by atoms with E-state index >= 15 is 0 Å². The van der Waals surface area contributed by atoms with Gasteiger partial charge in [0.2, 0.25) is 5.96 Å². The van der Waals surface area contributed by atoms with Crippen LogP contribution < -0.4 is 15.0 Å². The average Bonchev–Trinajstić information content (AvgIpc) is 3.10. The Morgan fingerprint density at radius 3 is 2.32 bits per heavy atom. The van der Waals surface area contributed by atoms with E-state index in [0.29, 0.717) is 17.0 Å². The van der Waals surface area contributed by atoms with Gasteiger partial charge < -0.3 is 4.74 Å². The molecule has 7 heteroatoms. The van der Waals surface area contributed by atoms with Crippen LogP contribution in [0.2, 0.25) is 0 Å². The molecule has 2 amide bonds. The second kappa shape index (κ2) is 8.62. The SMILES string of the molecule is COc1ccc(/C=C2\N=C(NC(=O)c3ccccc3)N(c3ccc(F)cc3)C2=O)cc1. The maximum absolute atomic E-state index is 13.4. The first kappa shape index (κ1) is 20.0. The number of ether oxygens (including phenoxy) is 1. The third kappa shape index (κ3) is 4.35. The van der Waals surface area contributed by atoms with Gasteiger partial charge in [0.15, 0.2) is 0 Å². The van der Waals surface area contributed by atoms with E-state index in [1.54, 1.807) is 67.8 Å². The van der Waals surface area contributed by atoms with Gasteiger partial charge in [-0.25, -0.2) is 14.3 Å². The number of anilines is 1. The van der Waals surface area contributed by atoms with Crippen LogP contribution in [0, 0.1) is 5.82 Å². The van der Waals surface area contributed by atoms with Crippen molar-refractivity contribution in [2.24, 2.45) is 4.99 Å². The maximum Gasteiger partial charge on any atom is 0.283 e. The lowest BCUT2D eigenvalue weighted by Gasteiger charge is -2.18. The fourth-order valence-corrected chi connectivity index (χ4v) is 3.05. The van der Waals surface area contributed by atoms with Crippen molar-refractivity contribution < 1.29 is 18.7 Å². The Morgan fingerprint density at radius 2 is 1.68 bits per heavy atom. The molecule has 1 aliphatic rings. The fourth-order valence-electron chi connectivity index (χ4n) is 3.05. The number of carbonyl (C=O) groups excluding carboxylic acids is 2. The van der Waals surface area contributed by atoms with E-state index in [4.69, 9.17) is 4.74 Å². The summed E-state index contributed by atoms with van der Waals surface area (Å²) in [6.45, 7) is 0. The zero-order valence-corrected chi connectivity index (χ0v) is 16.6. The number of nitrogens with zero attached hydrogens (tertiary/aromatic N) is 2. The number of aliphatic imine (C=N–C) groups is 1. The van der Waals surface area contributed by atoms with Gasteiger partial charge in [0.1, 0.15) is 17.3 Å². The zero-order chi connectivity index (χ0) is 21.8. The molecule has 6 nitrogen and oxygen atoms in total. The van der Waals surface area contributed by atoms with E-state index < -0.39 is 17.6 Å². The van der Waals surface area contributed by atoms with Gasteiger partial charge >= 0.3 is 0 Å². The molecule has 0 bridgehead atoms. The normalized spacial score (nSPS) is 14.5. The molecule has 0 unspecified atom stereocenters. The highest BCUT2D eigenvalue weighted by atomic mass is 19.1. The first-order chi connectivity index (χ1) is 15.0. The maximum atomic E-state index is 13.4. The summed E-state index contributed by atoms with van der Waals surface area (Å²) in [4.78, 5) is 31.4. The number of hydrogen-bond acceptors (Lipinski definition) is 4. The van der Waals surface area contributed by atoms with Crippen LogP contribution in [0.4, 0.5) is 10.1 Å². The van der Waals surface area contributed by atoms with Crippen LogP contribution >= 0.6 is 0 Å². The predicted molar refractivity (Wildman–Crippen MR) is 116 cm³/mol. The van der Waals surface area contributed by atoms with Crippen molar-refractivity contribution >= 4 is 29.5 Å². The van der Waals surface area contributed by atoms with Gasteiger partial charge in [-0.2, -0.15) is 0 Å². The zero-order valence-electron chi connectivity index (χ0n) is 16.6. The summed E-state index contributed by atoms with van der Waals surface area (Å²) in [6.07, 6.45) is 1.61. The molecule has 1 aliphatic heterocycles. The summed E-state index contributed by atoms with van der Waals surface area (Å²) in [5.41, 5.74) is 1.68. The standard InChI is InChI=1S/C24H18FN3O3/c1-31-20-13-7-16(8-14-20)15-21-23(30)28(19-11-9-18(25)10-12-19)24(26-21)27-22(29)17-5-3-2-4-6-17/h2-15H,1H3,(H,26,27,29)/b21-15-. The minimum atomic E-state index is -0.439. The van der Waals surface area contributed by atoms with Crippen molar-refractivity contribution in [3.05, 3.63) is 102 Å². The van der Waals surface area contributed by atoms with Crippen molar-refractivity contribution in [3.8, 4) is 5.75 Å². The van der Waals surface area contributed by atoms with Gasteiger partial charge in [-0.3, -0.25) is 14.9 Å². The number of halogens is 1. The van der Waals surface area contributed by atoms with E-state index in [9.17, 15) is 14.0 Å². The molecule has 3 aromatic carbocycles. The summed E-state index contributed by atoms with van der Waals surface area (Å²) in [6, 6.07) is 21.1. The van der Waals surface area contributed by atoms with Crippen molar-refractivity contribution in [1.29, 1.82) is 0 Å². The smallest absolute Gasteiger partial charge is 0.283 e. The third-order valence-corrected chi connectivity index (χ3v) is 4.63. The molecular weight excluding hydrogens is 397 g/mol. The van der Waals surface area contributed by atoms with Gasteiger partial charge in [0.05, 0.1) is 12.8 Å². The molecule has 0 atom stereocenters. The Morgan fingerprint density at radius 1 is 1.00 bits per heavy atom. The van der Waals surface area contributed by atoms with Crippen molar-refractivity contribution in [2.45, 2.75) is 0 Å². The molecule has 3 aromatic rings. The number of rotatable bonds is 4. The Bertz CT molecular complexity index is 1170. The van der Waals surface area contributed by atoms with Crippen molar-refractivity contribution in [2.75, 3.05) is 12.0 Å². The molecule has 1 N–H and O–H groups in total. The monoisotopic (exact) mass is 415 g/mol. The number of amides is 2. The van der Waals surface area contributed by atoms with Crippen LogP contribution in [0.25, 0.3) is 6.08 Å². The van der Waals surface area contributed by atoms with Crippen molar-refractivity contribution in [3.63, 3.8) is 0 Å². The Balaban J connectivity index is 1.69. The Kier molecular flexibility index (Phi) is 5.57. The minimum absolute atomic E-state index is 0.0465. The lowest BCUT2D eigenvalue weighted by atomic mass is 10.2. The Hall–Kier alpha value is -4.26. The molecule has 1 heterocycles. The number of nitrogens with one attached hydrogen (secondary N) is 1. The number of methoxy groups -OCH3 is 1. The number of guanidine groups is 1. The van der Waals surface area contributed by atoms with Crippen LogP contribution in [-0.4, -0.2) is 24.9 Å². The molecule has 154 valence electrons. The van der Waals surface area contributed by atoms with E-state index in [0.717, 1.165) is 5.56 Å². The van der Waals surface area contributed by atoms with E-state index in [1.165, 1.54) is 29.2 Å². The summed E-state index contributed by atoms with van der Waals surface area (Å²) >= 11 is 0. The number of hydrogen-bond donors (Lipinski definition) is 1. The average molecular weight is 415 g/mol. The quantitative estimate of drug-likeness (QED) is 0.655. The van der Waals surface area contributed by atoms with Crippen LogP contribution in [0.3, 0.4) is 0 Å². The lowest BCUT2D eigenvalue weighted by Crippen LogP contribution is -2.43. The van der Waals surface area contributed by atoms with Gasteiger partial charge in [0.25, 0.3) is 11.8 Å². The molecule has 0 saturated carbocycles. The topological polar surface area (TPSA) is 71.0 Å². The summed E-state index contributed by atoms with van der Waals surface area (Å²) in [5.74, 6) is -0.552. The van der Waals surface area contributed by atoms with Gasteiger partial charge in [-0.05, 0) is 60.2 Å². The Labute approximate surface area is 178 Å². The molecule has 0 aromatic heterocycles. The van der Waals surface area contributed by atoms with Crippen LogP contribution in [0.1, 0.15) is 15.9 Å².